The number of carbonyl (C=O) groups excluding carboxylic acids is 1. The topological polar surface area (TPSA) is 41.5 Å². The van der Waals surface area contributed by atoms with E-state index in [1.54, 1.807) is 24.3 Å². The van der Waals surface area contributed by atoms with E-state index in [-0.39, 0.29) is 16.1 Å². The zero-order valence-corrected chi connectivity index (χ0v) is 11.6. The highest BCUT2D eigenvalue weighted by Gasteiger charge is 2.08. The van der Waals surface area contributed by atoms with E-state index in [0.717, 1.165) is 6.21 Å². The molecule has 2 rings (SSSR count). The number of benzene rings is 2. The molecule has 0 radical (unpaired) electrons. The maximum Gasteiger partial charge on any atom is 0.272 e. The van der Waals surface area contributed by atoms with Gasteiger partial charge in [-0.3, -0.25) is 4.79 Å². The number of halogens is 3. The van der Waals surface area contributed by atoms with Crippen LogP contribution in [0.1, 0.15) is 15.9 Å². The summed E-state index contributed by atoms with van der Waals surface area (Å²) in [7, 11) is 0. The number of hydrazone groups is 1. The molecule has 2 aromatic rings. The van der Waals surface area contributed by atoms with Gasteiger partial charge in [-0.15, -0.1) is 0 Å². The van der Waals surface area contributed by atoms with Crippen LogP contribution in [-0.2, 0) is 0 Å². The van der Waals surface area contributed by atoms with Gasteiger partial charge in [-0.05, 0) is 24.3 Å². The minimum atomic E-state index is -0.520. The normalized spacial score (nSPS) is 10.8. The van der Waals surface area contributed by atoms with E-state index in [2.05, 4.69) is 10.5 Å². The first-order chi connectivity index (χ1) is 9.59. The molecule has 6 heteroatoms. The zero-order chi connectivity index (χ0) is 14.5. The fraction of sp³-hybridized carbons (Fsp3) is 0. The number of hydrogen-bond acceptors (Lipinski definition) is 2. The molecule has 0 aliphatic carbocycles. The van der Waals surface area contributed by atoms with Gasteiger partial charge in [-0.25, -0.2) is 9.82 Å². The molecule has 1 N–H and O–H groups in total. The predicted molar refractivity (Wildman–Crippen MR) is 77.9 cm³/mol. The van der Waals surface area contributed by atoms with Crippen molar-refractivity contribution in [2.24, 2.45) is 5.10 Å². The largest absolute Gasteiger partial charge is 0.272 e. The first kappa shape index (κ1) is 14.5. The van der Waals surface area contributed by atoms with Crippen molar-refractivity contribution in [3.8, 4) is 0 Å². The summed E-state index contributed by atoms with van der Waals surface area (Å²) < 4.78 is 13.5. The van der Waals surface area contributed by atoms with E-state index < -0.39 is 11.7 Å². The molecule has 20 heavy (non-hydrogen) atoms. The minimum Gasteiger partial charge on any atom is -0.267 e. The SMILES string of the molecule is O=C(NN=Cc1c(F)cccc1Cl)c1ccccc1Cl. The molecule has 0 bridgehead atoms. The molecule has 0 heterocycles. The van der Waals surface area contributed by atoms with Crippen molar-refractivity contribution in [3.05, 3.63) is 69.5 Å². The highest BCUT2D eigenvalue weighted by atomic mass is 35.5. The third-order valence-corrected chi connectivity index (χ3v) is 3.14. The van der Waals surface area contributed by atoms with Crippen molar-refractivity contribution in [1.29, 1.82) is 0 Å². The van der Waals surface area contributed by atoms with Crippen LogP contribution < -0.4 is 5.43 Å². The van der Waals surface area contributed by atoms with E-state index in [4.69, 9.17) is 23.2 Å². The quantitative estimate of drug-likeness (QED) is 0.678. The first-order valence-corrected chi connectivity index (χ1v) is 6.37. The summed E-state index contributed by atoms with van der Waals surface area (Å²) in [6, 6.07) is 10.8. The lowest BCUT2D eigenvalue weighted by Gasteiger charge is -2.02. The molecule has 0 saturated heterocycles. The Labute approximate surface area is 125 Å². The lowest BCUT2D eigenvalue weighted by molar-refractivity contribution is 0.0955. The van der Waals surface area contributed by atoms with Gasteiger partial charge in [-0.1, -0.05) is 41.4 Å². The van der Waals surface area contributed by atoms with Crippen LogP contribution in [0.25, 0.3) is 0 Å². The summed E-state index contributed by atoms with van der Waals surface area (Å²) in [5.41, 5.74) is 2.65. The number of carbonyl (C=O) groups is 1. The van der Waals surface area contributed by atoms with Crippen molar-refractivity contribution >= 4 is 35.3 Å². The van der Waals surface area contributed by atoms with E-state index >= 15 is 0 Å². The van der Waals surface area contributed by atoms with Crippen LogP contribution in [0, 0.1) is 5.82 Å². The van der Waals surface area contributed by atoms with Crippen molar-refractivity contribution in [2.45, 2.75) is 0 Å². The second-order valence-corrected chi connectivity index (χ2v) is 4.63. The Morgan fingerprint density at radius 1 is 1.10 bits per heavy atom. The molecule has 0 unspecified atom stereocenters. The Bertz CT molecular complexity index is 654. The van der Waals surface area contributed by atoms with Crippen LogP contribution in [0.3, 0.4) is 0 Å². The van der Waals surface area contributed by atoms with Crippen LogP contribution in [0.5, 0.6) is 0 Å². The number of nitrogens with one attached hydrogen (secondary N) is 1. The average Bonchev–Trinajstić information content (AvgIpc) is 2.42. The van der Waals surface area contributed by atoms with Crippen molar-refractivity contribution in [3.63, 3.8) is 0 Å². The molecule has 0 aliphatic heterocycles. The molecule has 2 aromatic carbocycles. The third kappa shape index (κ3) is 3.35. The predicted octanol–water partition coefficient (Wildman–Crippen LogP) is 3.90. The minimum absolute atomic E-state index is 0.105. The van der Waals surface area contributed by atoms with Gasteiger partial charge in [0.1, 0.15) is 5.82 Å². The van der Waals surface area contributed by atoms with Gasteiger partial charge < -0.3 is 0 Å². The lowest BCUT2D eigenvalue weighted by Crippen LogP contribution is -2.18. The Morgan fingerprint density at radius 2 is 1.80 bits per heavy atom. The number of hydrogen-bond donors (Lipinski definition) is 1. The van der Waals surface area contributed by atoms with Gasteiger partial charge in [0.25, 0.3) is 5.91 Å². The van der Waals surface area contributed by atoms with Gasteiger partial charge in [0.05, 0.1) is 21.8 Å². The van der Waals surface area contributed by atoms with E-state index in [1.807, 2.05) is 0 Å². The molecule has 0 aromatic heterocycles. The van der Waals surface area contributed by atoms with E-state index in [1.165, 1.54) is 18.2 Å². The number of rotatable bonds is 3. The van der Waals surface area contributed by atoms with Crippen LogP contribution in [0.15, 0.2) is 47.6 Å². The molecule has 1 amide bonds. The average molecular weight is 311 g/mol. The number of nitrogens with zero attached hydrogens (tertiary/aromatic N) is 1. The Balaban J connectivity index is 2.11. The van der Waals surface area contributed by atoms with Gasteiger partial charge in [0, 0.05) is 5.56 Å². The molecule has 3 nitrogen and oxygen atoms in total. The number of amides is 1. The Hall–Kier alpha value is -1.91. The molecular formula is C14H9Cl2FN2O. The molecular weight excluding hydrogens is 302 g/mol. The monoisotopic (exact) mass is 310 g/mol. The Kier molecular flexibility index (Phi) is 4.71. The second kappa shape index (κ2) is 6.50. The highest BCUT2D eigenvalue weighted by Crippen LogP contribution is 2.17. The van der Waals surface area contributed by atoms with Crippen LogP contribution in [-0.4, -0.2) is 12.1 Å². The first-order valence-electron chi connectivity index (χ1n) is 5.61. The molecule has 0 saturated carbocycles. The molecule has 0 atom stereocenters. The maximum absolute atomic E-state index is 13.5. The molecule has 0 spiro atoms. The fourth-order valence-corrected chi connectivity index (χ4v) is 1.93. The summed E-state index contributed by atoms with van der Waals surface area (Å²) in [6.45, 7) is 0. The van der Waals surface area contributed by atoms with E-state index in [9.17, 15) is 9.18 Å². The van der Waals surface area contributed by atoms with Gasteiger partial charge in [-0.2, -0.15) is 5.10 Å². The van der Waals surface area contributed by atoms with Crippen molar-refractivity contribution in [1.82, 2.24) is 5.43 Å². The van der Waals surface area contributed by atoms with E-state index in [0.29, 0.717) is 5.02 Å². The summed E-state index contributed by atoms with van der Waals surface area (Å²) in [6.07, 6.45) is 1.15. The van der Waals surface area contributed by atoms with Gasteiger partial charge in [0.2, 0.25) is 0 Å². The lowest BCUT2D eigenvalue weighted by atomic mass is 10.2. The highest BCUT2D eigenvalue weighted by molar-refractivity contribution is 6.34. The molecule has 0 aliphatic rings. The van der Waals surface area contributed by atoms with Gasteiger partial charge >= 0.3 is 0 Å². The zero-order valence-electron chi connectivity index (χ0n) is 10.1. The van der Waals surface area contributed by atoms with Crippen LogP contribution in [0.4, 0.5) is 4.39 Å². The standard InChI is InChI=1S/C14H9Cl2FN2O/c15-11-5-2-1-4-9(11)14(20)19-18-8-10-12(16)6-3-7-13(10)17/h1-8H,(H,19,20). The third-order valence-electron chi connectivity index (χ3n) is 2.48. The van der Waals surface area contributed by atoms with Crippen molar-refractivity contribution in [2.75, 3.05) is 0 Å². The van der Waals surface area contributed by atoms with Gasteiger partial charge in [0.15, 0.2) is 0 Å². The summed E-state index contributed by atoms with van der Waals surface area (Å²) in [5, 5.41) is 4.19. The summed E-state index contributed by atoms with van der Waals surface area (Å²) in [4.78, 5) is 11.8. The van der Waals surface area contributed by atoms with Crippen LogP contribution in [0.2, 0.25) is 10.0 Å². The van der Waals surface area contributed by atoms with Crippen LogP contribution >= 0.6 is 23.2 Å². The summed E-state index contributed by atoms with van der Waals surface area (Å²) >= 11 is 11.7. The smallest absolute Gasteiger partial charge is 0.267 e. The summed E-state index contributed by atoms with van der Waals surface area (Å²) in [5.74, 6) is -1.01. The fourth-order valence-electron chi connectivity index (χ4n) is 1.50. The maximum atomic E-state index is 13.5. The second-order valence-electron chi connectivity index (χ2n) is 3.81. The van der Waals surface area contributed by atoms with Crippen molar-refractivity contribution < 1.29 is 9.18 Å². The molecule has 102 valence electrons. The Morgan fingerprint density at radius 3 is 2.50 bits per heavy atom. The molecule has 0 fully saturated rings.